The minimum Gasteiger partial charge on any atom is -0.291 e. The largest absolute Gasteiger partial charge is 0.291 e. The van der Waals surface area contributed by atoms with Gasteiger partial charge in [-0.3, -0.25) is 10.1 Å². The summed E-state index contributed by atoms with van der Waals surface area (Å²) < 4.78 is 0. The average molecular weight is 163 g/mol. The number of hydrogen-bond donors (Lipinski definition) is 1. The van der Waals surface area contributed by atoms with Crippen LogP contribution < -0.4 is 0 Å². The number of aromatic nitrogens is 2. The summed E-state index contributed by atoms with van der Waals surface area (Å²) in [7, 11) is 0. The summed E-state index contributed by atoms with van der Waals surface area (Å²) >= 11 is 0. The van der Waals surface area contributed by atoms with Crippen LogP contribution in [0.3, 0.4) is 0 Å². The van der Waals surface area contributed by atoms with E-state index < -0.39 is 0 Å². The molecule has 0 aliphatic rings. The third-order valence-electron chi connectivity index (χ3n) is 1.45. The minimum atomic E-state index is 0.852. The number of hydrogen-bond acceptors (Lipinski definition) is 2. The van der Waals surface area contributed by atoms with Crippen LogP contribution in [0.1, 0.15) is 18.5 Å². The summed E-state index contributed by atoms with van der Waals surface area (Å²) in [6.45, 7) is 4.49. The molecule has 1 heterocycles. The smallest absolute Gasteiger partial charge is 0.0756 e. The molecule has 0 fully saturated rings. The van der Waals surface area contributed by atoms with Gasteiger partial charge in [-0.15, -0.1) is 6.58 Å². The second-order valence-electron chi connectivity index (χ2n) is 2.48. The fourth-order valence-electron chi connectivity index (χ4n) is 0.828. The molecule has 0 saturated heterocycles. The third kappa shape index (κ3) is 3.14. The van der Waals surface area contributed by atoms with E-state index in [2.05, 4.69) is 21.8 Å². The maximum absolute atomic E-state index is 4.21. The maximum atomic E-state index is 4.21. The molecule has 1 N–H and O–H groups in total. The van der Waals surface area contributed by atoms with Crippen molar-refractivity contribution in [3.05, 3.63) is 30.6 Å². The lowest BCUT2D eigenvalue weighted by atomic mass is 10.3. The van der Waals surface area contributed by atoms with E-state index in [0.717, 1.165) is 25.1 Å². The Morgan fingerprint density at radius 2 is 2.58 bits per heavy atom. The Morgan fingerprint density at radius 1 is 1.67 bits per heavy atom. The van der Waals surface area contributed by atoms with E-state index in [4.69, 9.17) is 0 Å². The molecule has 0 aliphatic carbocycles. The summed E-state index contributed by atoms with van der Waals surface area (Å²) in [5.74, 6) is 0. The fraction of sp³-hybridized carbons (Fsp3) is 0.333. The molecule has 12 heavy (non-hydrogen) atoms. The van der Waals surface area contributed by atoms with Crippen LogP contribution >= 0.6 is 0 Å². The molecular formula is C9H13N3. The minimum absolute atomic E-state index is 0.852. The fourth-order valence-corrected chi connectivity index (χ4v) is 0.828. The predicted octanol–water partition coefficient (Wildman–Crippen LogP) is 1.79. The van der Waals surface area contributed by atoms with Crippen molar-refractivity contribution >= 4 is 6.21 Å². The van der Waals surface area contributed by atoms with Crippen molar-refractivity contribution in [3.8, 4) is 0 Å². The first-order valence-corrected chi connectivity index (χ1v) is 4.03. The van der Waals surface area contributed by atoms with Crippen LogP contribution in [0.2, 0.25) is 0 Å². The zero-order chi connectivity index (χ0) is 8.65. The summed E-state index contributed by atoms with van der Waals surface area (Å²) in [5, 5.41) is 6.61. The third-order valence-corrected chi connectivity index (χ3v) is 1.45. The zero-order valence-corrected chi connectivity index (χ0v) is 7.03. The number of aromatic amines is 1. The van der Waals surface area contributed by atoms with Crippen LogP contribution in [0.15, 0.2) is 29.9 Å². The molecular weight excluding hydrogens is 150 g/mol. The topological polar surface area (TPSA) is 41.0 Å². The maximum Gasteiger partial charge on any atom is 0.0756 e. The number of nitrogens with zero attached hydrogens (tertiary/aromatic N) is 2. The Balaban J connectivity index is 2.18. The molecule has 0 spiro atoms. The highest BCUT2D eigenvalue weighted by molar-refractivity contribution is 5.76. The molecule has 0 amide bonds. The lowest BCUT2D eigenvalue weighted by molar-refractivity contribution is 0.859. The van der Waals surface area contributed by atoms with Crippen molar-refractivity contribution in [2.24, 2.45) is 4.99 Å². The Bertz CT molecular complexity index is 236. The second kappa shape index (κ2) is 5.29. The van der Waals surface area contributed by atoms with Gasteiger partial charge in [0.05, 0.1) is 5.69 Å². The molecule has 0 unspecified atom stereocenters. The molecule has 0 atom stereocenters. The predicted molar refractivity (Wildman–Crippen MR) is 50.5 cm³/mol. The van der Waals surface area contributed by atoms with Gasteiger partial charge in [-0.25, -0.2) is 0 Å². The van der Waals surface area contributed by atoms with Crippen LogP contribution in [-0.4, -0.2) is 23.0 Å². The lowest BCUT2D eigenvalue weighted by Crippen LogP contribution is -1.84. The number of allylic oxidation sites excluding steroid dienone is 1. The highest BCUT2D eigenvalue weighted by Gasteiger charge is 1.85. The Hall–Kier alpha value is -1.38. The average Bonchev–Trinajstić information content (AvgIpc) is 2.57. The van der Waals surface area contributed by atoms with Crippen LogP contribution in [0.4, 0.5) is 0 Å². The summed E-state index contributed by atoms with van der Waals surface area (Å²) in [4.78, 5) is 4.21. The number of rotatable bonds is 5. The molecule has 1 aromatic heterocycles. The SMILES string of the molecule is C=CCCCN=Cc1ccn[nH]1. The molecule has 0 saturated carbocycles. The number of aliphatic imine (C=N–C) groups is 1. The Labute approximate surface area is 72.2 Å². The molecule has 3 nitrogen and oxygen atoms in total. The van der Waals surface area contributed by atoms with Gasteiger partial charge in [0, 0.05) is 19.0 Å². The van der Waals surface area contributed by atoms with Crippen molar-refractivity contribution in [2.45, 2.75) is 12.8 Å². The van der Waals surface area contributed by atoms with Crippen LogP contribution in [0.25, 0.3) is 0 Å². The van der Waals surface area contributed by atoms with Crippen molar-refractivity contribution in [3.63, 3.8) is 0 Å². The Morgan fingerprint density at radius 3 is 3.25 bits per heavy atom. The normalized spacial score (nSPS) is 10.7. The van der Waals surface area contributed by atoms with Crippen molar-refractivity contribution in [2.75, 3.05) is 6.54 Å². The monoisotopic (exact) mass is 163 g/mol. The van der Waals surface area contributed by atoms with Crippen molar-refractivity contribution < 1.29 is 0 Å². The van der Waals surface area contributed by atoms with Gasteiger partial charge in [0.2, 0.25) is 0 Å². The van der Waals surface area contributed by atoms with E-state index >= 15 is 0 Å². The number of H-pyrrole nitrogens is 1. The molecule has 1 rings (SSSR count). The van der Waals surface area contributed by atoms with Crippen LogP contribution in [-0.2, 0) is 0 Å². The quantitative estimate of drug-likeness (QED) is 0.401. The Kier molecular flexibility index (Phi) is 3.84. The first-order valence-electron chi connectivity index (χ1n) is 4.03. The molecule has 3 heteroatoms. The molecule has 1 aromatic rings. The van der Waals surface area contributed by atoms with E-state index in [1.807, 2.05) is 12.1 Å². The van der Waals surface area contributed by atoms with Crippen molar-refractivity contribution in [1.82, 2.24) is 10.2 Å². The standard InChI is InChI=1S/C9H13N3/c1-2-3-4-6-10-8-9-5-7-11-12-9/h2,5,7-8H,1,3-4,6H2,(H,11,12). The van der Waals surface area contributed by atoms with Crippen molar-refractivity contribution in [1.29, 1.82) is 0 Å². The lowest BCUT2D eigenvalue weighted by Gasteiger charge is -1.88. The molecule has 0 radical (unpaired) electrons. The molecule has 0 aromatic carbocycles. The van der Waals surface area contributed by atoms with E-state index in [1.54, 1.807) is 12.4 Å². The van der Waals surface area contributed by atoms with E-state index in [0.29, 0.717) is 0 Å². The summed E-state index contributed by atoms with van der Waals surface area (Å²) in [5.41, 5.74) is 0.952. The zero-order valence-electron chi connectivity index (χ0n) is 7.03. The number of nitrogens with one attached hydrogen (secondary N) is 1. The van der Waals surface area contributed by atoms with Gasteiger partial charge in [0.15, 0.2) is 0 Å². The van der Waals surface area contributed by atoms with Gasteiger partial charge in [0.25, 0.3) is 0 Å². The first kappa shape index (κ1) is 8.71. The highest BCUT2D eigenvalue weighted by Crippen LogP contribution is 1.90. The van der Waals surface area contributed by atoms with Gasteiger partial charge in [0.1, 0.15) is 0 Å². The molecule has 0 bridgehead atoms. The van der Waals surface area contributed by atoms with E-state index in [9.17, 15) is 0 Å². The first-order chi connectivity index (χ1) is 5.93. The van der Waals surface area contributed by atoms with E-state index in [-0.39, 0.29) is 0 Å². The summed E-state index contributed by atoms with van der Waals surface area (Å²) in [6.07, 6.45) is 7.52. The van der Waals surface area contributed by atoms with E-state index in [1.165, 1.54) is 0 Å². The van der Waals surface area contributed by atoms with Gasteiger partial charge >= 0.3 is 0 Å². The highest BCUT2D eigenvalue weighted by atomic mass is 15.1. The van der Waals surface area contributed by atoms with Crippen LogP contribution in [0, 0.1) is 0 Å². The molecule has 0 aliphatic heterocycles. The second-order valence-corrected chi connectivity index (χ2v) is 2.48. The van der Waals surface area contributed by atoms with Crippen LogP contribution in [0.5, 0.6) is 0 Å². The summed E-state index contributed by atoms with van der Waals surface area (Å²) in [6, 6.07) is 1.89. The van der Waals surface area contributed by atoms with Gasteiger partial charge < -0.3 is 0 Å². The van der Waals surface area contributed by atoms with Gasteiger partial charge in [-0.2, -0.15) is 5.10 Å². The molecule has 64 valence electrons. The number of unbranched alkanes of at least 4 members (excludes halogenated alkanes) is 1. The van der Waals surface area contributed by atoms with Gasteiger partial charge in [-0.05, 0) is 18.9 Å². The van der Waals surface area contributed by atoms with Gasteiger partial charge in [-0.1, -0.05) is 6.08 Å².